The highest BCUT2D eigenvalue weighted by Gasteiger charge is 2.26. The number of rotatable bonds is 38. The van der Waals surface area contributed by atoms with Crippen molar-refractivity contribution in [3.05, 3.63) is 97.2 Å². The van der Waals surface area contributed by atoms with Gasteiger partial charge in [-0.15, -0.1) is 0 Å². The summed E-state index contributed by atoms with van der Waals surface area (Å²) in [5.74, 6) is -0.347. The molecule has 2 unspecified atom stereocenters. The van der Waals surface area contributed by atoms with Gasteiger partial charge in [0.2, 0.25) is 0 Å². The average Bonchev–Trinajstić information content (AvgIpc) is 3.15. The van der Waals surface area contributed by atoms with Gasteiger partial charge < -0.3 is 18.9 Å². The van der Waals surface area contributed by atoms with Gasteiger partial charge in [0.15, 0.2) is 0 Å². The van der Waals surface area contributed by atoms with Gasteiger partial charge in [0.1, 0.15) is 19.3 Å². The fourth-order valence-electron chi connectivity index (χ4n) is 5.06. The third-order valence-electron chi connectivity index (χ3n) is 8.36. The molecule has 0 aliphatic rings. The third-order valence-corrected chi connectivity index (χ3v) is 9.34. The second kappa shape index (κ2) is 39.3. The molecule has 0 aromatic carbocycles. The van der Waals surface area contributed by atoms with Crippen molar-refractivity contribution >= 4 is 13.8 Å². The molecule has 0 rings (SSSR count). The van der Waals surface area contributed by atoms with E-state index < -0.39 is 13.9 Å². The van der Waals surface area contributed by atoms with Crippen molar-refractivity contribution < 1.29 is 37.3 Å². The van der Waals surface area contributed by atoms with E-state index in [-0.39, 0.29) is 25.8 Å². The molecule has 56 heavy (non-hydrogen) atoms. The Kier molecular flexibility index (Phi) is 37.4. The van der Waals surface area contributed by atoms with Gasteiger partial charge in [-0.3, -0.25) is 13.8 Å². The molecule has 9 heteroatoms. The van der Waals surface area contributed by atoms with Gasteiger partial charge in [0.25, 0.3) is 0 Å². The molecular weight excluding hydrogens is 721 g/mol. The van der Waals surface area contributed by atoms with Crippen LogP contribution in [-0.4, -0.2) is 75.6 Å². The summed E-state index contributed by atoms with van der Waals surface area (Å²) < 4.78 is 34.8. The van der Waals surface area contributed by atoms with Crippen LogP contribution in [0, 0.1) is 0 Å². The lowest BCUT2D eigenvalue weighted by Gasteiger charge is -2.24. The first-order valence-electron chi connectivity index (χ1n) is 21.5. The highest BCUT2D eigenvalue weighted by atomic mass is 31.2. The number of unbranched alkanes of at least 4 members (excludes halogenated alkanes) is 8. The molecular formula is C47H81NO7P+. The molecule has 320 valence electrons. The zero-order valence-electron chi connectivity index (χ0n) is 36.1. The summed E-state index contributed by atoms with van der Waals surface area (Å²) in [5.41, 5.74) is 0. The normalized spacial score (nSPS) is 14.8. The third kappa shape index (κ3) is 42.6. The molecule has 0 aliphatic carbocycles. The first-order chi connectivity index (χ1) is 27.1. The molecule has 0 spiro atoms. The van der Waals surface area contributed by atoms with Crippen LogP contribution in [-0.2, 0) is 27.9 Å². The van der Waals surface area contributed by atoms with E-state index >= 15 is 0 Å². The number of phosphoric ester groups is 1. The summed E-state index contributed by atoms with van der Waals surface area (Å²) >= 11 is 0. The van der Waals surface area contributed by atoms with Crippen LogP contribution in [0.15, 0.2) is 97.2 Å². The lowest BCUT2D eigenvalue weighted by Crippen LogP contribution is -2.37. The highest BCUT2D eigenvalue weighted by Crippen LogP contribution is 2.43. The molecule has 0 aromatic rings. The highest BCUT2D eigenvalue weighted by molar-refractivity contribution is 7.47. The van der Waals surface area contributed by atoms with Crippen molar-refractivity contribution in [1.82, 2.24) is 0 Å². The number of allylic oxidation sites excluding steroid dienone is 16. The molecule has 8 nitrogen and oxygen atoms in total. The monoisotopic (exact) mass is 803 g/mol. The predicted molar refractivity (Wildman–Crippen MR) is 238 cm³/mol. The number of carbonyl (C=O) groups excluding carboxylic acids is 1. The molecule has 0 fully saturated rings. The van der Waals surface area contributed by atoms with Gasteiger partial charge in [0.05, 0.1) is 34.4 Å². The Hall–Kier alpha value is -2.58. The van der Waals surface area contributed by atoms with Gasteiger partial charge >= 0.3 is 13.8 Å². The summed E-state index contributed by atoms with van der Waals surface area (Å²) in [7, 11) is 1.61. The fraction of sp³-hybridized carbons (Fsp3) is 0.638. The maximum atomic E-state index is 12.6. The molecule has 0 bridgehead atoms. The summed E-state index contributed by atoms with van der Waals surface area (Å²) in [6.07, 6.45) is 53.2. The minimum Gasteiger partial charge on any atom is -0.457 e. The molecule has 0 saturated carbocycles. The Labute approximate surface area is 343 Å². The number of quaternary nitrogens is 1. The smallest absolute Gasteiger partial charge is 0.457 e. The van der Waals surface area contributed by atoms with Crippen LogP contribution in [0.4, 0.5) is 0 Å². The summed E-state index contributed by atoms with van der Waals surface area (Å²) in [4.78, 5) is 22.8. The van der Waals surface area contributed by atoms with E-state index in [0.29, 0.717) is 24.1 Å². The molecule has 0 heterocycles. The second-order valence-corrected chi connectivity index (χ2v) is 16.4. The van der Waals surface area contributed by atoms with E-state index in [1.165, 1.54) is 12.8 Å². The average molecular weight is 803 g/mol. The van der Waals surface area contributed by atoms with Crippen molar-refractivity contribution in [2.45, 2.75) is 142 Å². The Morgan fingerprint density at radius 1 is 0.571 bits per heavy atom. The standard InChI is InChI=1S/C47H80NO7P/c1-6-8-10-12-14-16-18-19-20-21-22-23-24-25-26-27-28-29-30-31-33-35-37-39-42-52-44-46(45-54-56(50,51)53-43-41-48(3,4)5)55-47(49)40-38-36-34-32-17-15-13-11-9-7-2/h8,10-11,13-14,16,19-20,22-23,25-26,28-29,31,33,46H,6-7,9,12,15,17-18,21,24,27,30,32,34-45H2,1-5H3/p+1/b10-8-,13-11-,16-14-,20-19-,23-22-,26-25-,29-28-,33-31-. The summed E-state index contributed by atoms with van der Waals surface area (Å²) in [6.45, 7) is 5.27. The maximum Gasteiger partial charge on any atom is 0.472 e. The van der Waals surface area contributed by atoms with Gasteiger partial charge in [-0.25, -0.2) is 4.57 Å². The van der Waals surface area contributed by atoms with E-state index in [4.69, 9.17) is 18.5 Å². The quantitative estimate of drug-likeness (QED) is 0.0218. The van der Waals surface area contributed by atoms with Gasteiger partial charge in [0, 0.05) is 13.0 Å². The van der Waals surface area contributed by atoms with Crippen LogP contribution in [0.2, 0.25) is 0 Å². The molecule has 0 saturated heterocycles. The van der Waals surface area contributed by atoms with Crippen molar-refractivity contribution in [1.29, 1.82) is 0 Å². The van der Waals surface area contributed by atoms with E-state index in [0.717, 1.165) is 103 Å². The Bertz CT molecular complexity index is 1210. The van der Waals surface area contributed by atoms with Crippen LogP contribution in [0.1, 0.15) is 136 Å². The summed E-state index contributed by atoms with van der Waals surface area (Å²) in [6, 6.07) is 0. The number of hydrogen-bond donors (Lipinski definition) is 1. The molecule has 2 atom stereocenters. The number of hydrogen-bond acceptors (Lipinski definition) is 6. The topological polar surface area (TPSA) is 91.3 Å². The molecule has 1 N–H and O–H groups in total. The lowest BCUT2D eigenvalue weighted by molar-refractivity contribution is -0.870. The number of phosphoric acid groups is 1. The first kappa shape index (κ1) is 53.4. The number of nitrogens with zero attached hydrogens (tertiary/aromatic N) is 1. The molecule has 0 radical (unpaired) electrons. The number of likely N-dealkylation sites (N-methyl/N-ethyl adjacent to an activating group) is 1. The van der Waals surface area contributed by atoms with Crippen LogP contribution in [0.3, 0.4) is 0 Å². The van der Waals surface area contributed by atoms with Crippen molar-refractivity contribution in [2.75, 3.05) is 54.1 Å². The van der Waals surface area contributed by atoms with Crippen molar-refractivity contribution in [3.63, 3.8) is 0 Å². The largest absolute Gasteiger partial charge is 0.472 e. The zero-order valence-corrected chi connectivity index (χ0v) is 37.0. The number of ether oxygens (including phenoxy) is 2. The summed E-state index contributed by atoms with van der Waals surface area (Å²) in [5, 5.41) is 0. The van der Waals surface area contributed by atoms with E-state index in [2.05, 4.69) is 111 Å². The SMILES string of the molecule is CC/C=C\C/C=C\C/C=C\C/C=C\C/C=C\C/C=C\C/C=C\CCCCOCC(COP(=O)(O)OCC[N+](C)(C)C)OC(=O)CCCCCCC/C=C\CCC. The lowest BCUT2D eigenvalue weighted by atomic mass is 10.1. The van der Waals surface area contributed by atoms with Crippen LogP contribution in [0.5, 0.6) is 0 Å². The zero-order chi connectivity index (χ0) is 41.3. The van der Waals surface area contributed by atoms with Gasteiger partial charge in [-0.05, 0) is 89.9 Å². The number of esters is 1. The minimum absolute atomic E-state index is 0.0725. The van der Waals surface area contributed by atoms with E-state index in [1.807, 2.05) is 21.1 Å². The predicted octanol–water partition coefficient (Wildman–Crippen LogP) is 12.7. The van der Waals surface area contributed by atoms with Crippen molar-refractivity contribution in [2.24, 2.45) is 0 Å². The maximum absolute atomic E-state index is 12.6. The Balaban J connectivity index is 4.30. The first-order valence-corrected chi connectivity index (χ1v) is 23.0. The number of carbonyl (C=O) groups is 1. The molecule has 0 aliphatic heterocycles. The van der Waals surface area contributed by atoms with Crippen LogP contribution >= 0.6 is 7.82 Å². The fourth-order valence-corrected chi connectivity index (χ4v) is 5.80. The van der Waals surface area contributed by atoms with Gasteiger partial charge in [-0.1, -0.05) is 137 Å². The van der Waals surface area contributed by atoms with E-state index in [9.17, 15) is 14.3 Å². The Morgan fingerprint density at radius 3 is 1.57 bits per heavy atom. The van der Waals surface area contributed by atoms with Gasteiger partial charge in [-0.2, -0.15) is 0 Å². The molecule has 0 aromatic heterocycles. The second-order valence-electron chi connectivity index (χ2n) is 15.0. The van der Waals surface area contributed by atoms with Crippen molar-refractivity contribution in [3.8, 4) is 0 Å². The van der Waals surface area contributed by atoms with Crippen LogP contribution < -0.4 is 0 Å². The Morgan fingerprint density at radius 2 is 1.04 bits per heavy atom. The van der Waals surface area contributed by atoms with E-state index in [1.54, 1.807) is 0 Å². The molecule has 0 amide bonds. The van der Waals surface area contributed by atoms with Crippen LogP contribution in [0.25, 0.3) is 0 Å². The minimum atomic E-state index is -4.29.